The van der Waals surface area contributed by atoms with Crippen molar-refractivity contribution >= 4 is 13.7 Å². The zero-order valence-electron chi connectivity index (χ0n) is 49.8. The van der Waals surface area contributed by atoms with Gasteiger partial charge in [-0.25, -0.2) is 4.57 Å². The molecule has 0 saturated carbocycles. The van der Waals surface area contributed by atoms with E-state index in [1.807, 2.05) is 27.2 Å². The number of amides is 1. The first kappa shape index (κ1) is 72.5. The summed E-state index contributed by atoms with van der Waals surface area (Å²) in [5, 5.41) is 13.9. The van der Waals surface area contributed by atoms with Gasteiger partial charge in [-0.1, -0.05) is 287 Å². The molecule has 0 spiro atoms. The quantitative estimate of drug-likeness (QED) is 0.0243. The number of carbonyl (C=O) groups excluding carboxylic acids is 1. The summed E-state index contributed by atoms with van der Waals surface area (Å²) >= 11 is 0. The molecule has 3 unspecified atom stereocenters. The molecule has 9 heteroatoms. The molecule has 0 aliphatic carbocycles. The molecule has 0 bridgehead atoms. The van der Waals surface area contributed by atoms with Gasteiger partial charge in [0.1, 0.15) is 13.2 Å². The lowest BCUT2D eigenvalue weighted by atomic mass is 10.0. The number of hydrogen-bond acceptors (Lipinski definition) is 5. The van der Waals surface area contributed by atoms with Gasteiger partial charge in [-0.05, 0) is 64.2 Å². The molecular formula is C65H126N2O6P+. The van der Waals surface area contributed by atoms with Crippen LogP contribution in [-0.4, -0.2) is 73.4 Å². The van der Waals surface area contributed by atoms with Crippen LogP contribution >= 0.6 is 7.82 Å². The van der Waals surface area contributed by atoms with E-state index in [0.717, 1.165) is 44.9 Å². The van der Waals surface area contributed by atoms with Crippen LogP contribution in [0.4, 0.5) is 0 Å². The number of allylic oxidation sites excluding steroid dienone is 7. The topological polar surface area (TPSA) is 105 Å². The second-order valence-electron chi connectivity index (χ2n) is 23.1. The Morgan fingerprint density at radius 1 is 0.459 bits per heavy atom. The number of phosphoric acid groups is 1. The predicted octanol–water partition coefficient (Wildman–Crippen LogP) is 19.9. The lowest BCUT2D eigenvalue weighted by Gasteiger charge is -2.25. The molecule has 74 heavy (non-hydrogen) atoms. The number of unbranched alkanes of at least 4 members (excludes halogenated alkanes) is 40. The maximum absolute atomic E-state index is 13.0. The van der Waals surface area contributed by atoms with Gasteiger partial charge in [0.25, 0.3) is 0 Å². The van der Waals surface area contributed by atoms with Crippen molar-refractivity contribution in [2.75, 3.05) is 40.9 Å². The van der Waals surface area contributed by atoms with Gasteiger partial charge in [-0.2, -0.15) is 0 Å². The molecule has 0 radical (unpaired) electrons. The van der Waals surface area contributed by atoms with Crippen LogP contribution in [0.3, 0.4) is 0 Å². The summed E-state index contributed by atoms with van der Waals surface area (Å²) in [6.45, 7) is 4.83. The van der Waals surface area contributed by atoms with Crippen LogP contribution in [0, 0.1) is 0 Å². The summed E-state index contributed by atoms with van der Waals surface area (Å²) in [5.74, 6) is -0.183. The Balaban J connectivity index is 4.08. The first-order valence-corrected chi connectivity index (χ1v) is 33.5. The Kier molecular flexibility index (Phi) is 55.0. The lowest BCUT2D eigenvalue weighted by Crippen LogP contribution is -2.45. The molecule has 0 aromatic carbocycles. The van der Waals surface area contributed by atoms with Crippen LogP contribution in [0.25, 0.3) is 0 Å². The molecule has 0 aliphatic rings. The van der Waals surface area contributed by atoms with E-state index in [-0.39, 0.29) is 19.1 Å². The van der Waals surface area contributed by atoms with Crippen LogP contribution in [0.5, 0.6) is 0 Å². The second kappa shape index (κ2) is 56.2. The standard InChI is InChI=1S/C65H125N2O6P/c1-6-8-10-12-14-16-18-20-22-24-26-27-28-29-30-31-32-33-34-35-36-37-38-39-41-43-45-47-49-51-53-55-57-59-65(69)66-63(62-73-74(70,71)72-61-60-67(3,4)5)64(68)58-56-54-52-50-48-46-44-42-40-25-23-21-19-17-15-13-11-9-7-2/h26-27,29-30,48,50,56,58,63-64,68H,6-25,28,31-47,49,51-55,57,59-62H2,1-5H3,(H-,66,69,70,71)/p+1/b27-26-,30-29-,50-48+,58-56+. The average molecular weight is 1060 g/mol. The van der Waals surface area contributed by atoms with Crippen LogP contribution in [-0.2, 0) is 18.4 Å². The summed E-state index contributed by atoms with van der Waals surface area (Å²) in [7, 11) is 1.56. The Hall–Kier alpha value is -1.54. The van der Waals surface area contributed by atoms with Gasteiger partial charge in [0.15, 0.2) is 0 Å². The summed E-state index contributed by atoms with van der Waals surface area (Å²) in [6, 6.07) is -0.864. The Bertz CT molecular complexity index is 1340. The van der Waals surface area contributed by atoms with E-state index in [4.69, 9.17) is 9.05 Å². The van der Waals surface area contributed by atoms with E-state index in [1.165, 1.54) is 244 Å². The van der Waals surface area contributed by atoms with Crippen molar-refractivity contribution in [1.82, 2.24) is 5.32 Å². The normalized spacial score (nSPS) is 14.1. The number of aliphatic hydroxyl groups is 1. The number of likely N-dealkylation sites (N-methyl/N-ethyl adjacent to an activating group) is 1. The first-order valence-electron chi connectivity index (χ1n) is 32.0. The number of hydrogen-bond donors (Lipinski definition) is 3. The smallest absolute Gasteiger partial charge is 0.387 e. The van der Waals surface area contributed by atoms with Crippen molar-refractivity contribution in [3.63, 3.8) is 0 Å². The fourth-order valence-corrected chi connectivity index (χ4v) is 10.2. The van der Waals surface area contributed by atoms with Gasteiger partial charge in [0.05, 0.1) is 39.9 Å². The molecular weight excluding hydrogens is 936 g/mol. The molecule has 436 valence electrons. The van der Waals surface area contributed by atoms with Crippen molar-refractivity contribution < 1.29 is 32.9 Å². The van der Waals surface area contributed by atoms with Crippen molar-refractivity contribution in [1.29, 1.82) is 0 Å². The highest BCUT2D eigenvalue weighted by atomic mass is 31.2. The third-order valence-corrected chi connectivity index (χ3v) is 15.5. The third kappa shape index (κ3) is 58.1. The maximum Gasteiger partial charge on any atom is 0.472 e. The second-order valence-corrected chi connectivity index (χ2v) is 24.6. The van der Waals surface area contributed by atoms with E-state index in [0.29, 0.717) is 17.4 Å². The summed E-state index contributed by atoms with van der Waals surface area (Å²) in [5.41, 5.74) is 0. The molecule has 0 heterocycles. The molecule has 3 atom stereocenters. The van der Waals surface area contributed by atoms with Crippen LogP contribution < -0.4 is 5.32 Å². The van der Waals surface area contributed by atoms with Gasteiger partial charge >= 0.3 is 7.82 Å². The van der Waals surface area contributed by atoms with Crippen LogP contribution in [0.2, 0.25) is 0 Å². The molecule has 0 aromatic heterocycles. The van der Waals surface area contributed by atoms with E-state index >= 15 is 0 Å². The minimum Gasteiger partial charge on any atom is -0.387 e. The Morgan fingerprint density at radius 2 is 0.784 bits per heavy atom. The highest BCUT2D eigenvalue weighted by Gasteiger charge is 2.27. The number of carbonyl (C=O) groups is 1. The van der Waals surface area contributed by atoms with Crippen molar-refractivity contribution in [3.8, 4) is 0 Å². The van der Waals surface area contributed by atoms with E-state index in [9.17, 15) is 19.4 Å². The van der Waals surface area contributed by atoms with Gasteiger partial charge in [0.2, 0.25) is 5.91 Å². The molecule has 0 rings (SSSR count). The third-order valence-electron chi connectivity index (χ3n) is 14.5. The fraction of sp³-hybridized carbons (Fsp3) is 0.862. The molecule has 0 saturated heterocycles. The van der Waals surface area contributed by atoms with Crippen molar-refractivity contribution in [2.45, 2.75) is 321 Å². The lowest BCUT2D eigenvalue weighted by molar-refractivity contribution is -0.870. The van der Waals surface area contributed by atoms with Gasteiger partial charge < -0.3 is 19.8 Å². The van der Waals surface area contributed by atoms with Gasteiger partial charge in [-0.3, -0.25) is 13.8 Å². The van der Waals surface area contributed by atoms with Crippen molar-refractivity contribution in [3.05, 3.63) is 48.6 Å². The molecule has 8 nitrogen and oxygen atoms in total. The monoisotopic (exact) mass is 1060 g/mol. The number of nitrogens with one attached hydrogen (secondary N) is 1. The van der Waals surface area contributed by atoms with Gasteiger partial charge in [-0.15, -0.1) is 0 Å². The highest BCUT2D eigenvalue weighted by Crippen LogP contribution is 2.43. The minimum absolute atomic E-state index is 0.0567. The highest BCUT2D eigenvalue weighted by molar-refractivity contribution is 7.47. The zero-order chi connectivity index (χ0) is 54.2. The van der Waals surface area contributed by atoms with Crippen LogP contribution in [0.1, 0.15) is 309 Å². The molecule has 0 aromatic rings. The number of aliphatic hydroxyl groups excluding tert-OH is 1. The fourth-order valence-electron chi connectivity index (χ4n) is 9.50. The van der Waals surface area contributed by atoms with Gasteiger partial charge in [0, 0.05) is 6.42 Å². The van der Waals surface area contributed by atoms with Crippen LogP contribution in [0.15, 0.2) is 48.6 Å². The molecule has 1 amide bonds. The summed E-state index contributed by atoms with van der Waals surface area (Å²) in [4.78, 5) is 23.3. The van der Waals surface area contributed by atoms with E-state index in [2.05, 4.69) is 55.6 Å². The minimum atomic E-state index is -4.36. The maximum atomic E-state index is 13.0. The molecule has 3 N–H and O–H groups in total. The van der Waals surface area contributed by atoms with E-state index < -0.39 is 20.0 Å². The predicted molar refractivity (Wildman–Crippen MR) is 323 cm³/mol. The zero-order valence-corrected chi connectivity index (χ0v) is 50.7. The van der Waals surface area contributed by atoms with E-state index in [1.54, 1.807) is 6.08 Å². The first-order chi connectivity index (χ1) is 36.0. The number of phosphoric ester groups is 1. The largest absolute Gasteiger partial charge is 0.472 e. The van der Waals surface area contributed by atoms with Crippen molar-refractivity contribution in [2.24, 2.45) is 0 Å². The number of nitrogens with zero attached hydrogens (tertiary/aromatic N) is 1. The number of rotatable bonds is 59. The SMILES string of the molecule is CCCCCCCCCCC/C=C\C/C=C\CCCCCCCCCCCCCCCCCCCC(=O)NC(COP(=O)(O)OCC[N+](C)(C)C)C(O)/C=C/CC/C=C/CCCCCCCCCCCCCCC. The molecule has 0 aliphatic heterocycles. The Morgan fingerprint density at radius 3 is 1.16 bits per heavy atom. The Labute approximate surface area is 460 Å². The average Bonchev–Trinajstić information content (AvgIpc) is 3.36. The molecule has 0 fully saturated rings. The summed E-state index contributed by atoms with van der Waals surface area (Å²) < 4.78 is 23.7. The summed E-state index contributed by atoms with van der Waals surface area (Å²) in [6.07, 6.45) is 75.3. The number of quaternary nitrogens is 1.